The first-order valence-electron chi connectivity index (χ1n) is 12.3. The minimum atomic E-state index is 0.0655. The molecule has 1 aliphatic rings. The third-order valence-electron chi connectivity index (χ3n) is 6.24. The Kier molecular flexibility index (Phi) is 14.6. The fourth-order valence-corrected chi connectivity index (χ4v) is 4.29. The van der Waals surface area contributed by atoms with Crippen LogP contribution in [0, 0.1) is 0 Å². The van der Waals surface area contributed by atoms with E-state index in [4.69, 9.17) is 0 Å². The van der Waals surface area contributed by atoms with Gasteiger partial charge in [-0.05, 0) is 32.6 Å². The quantitative estimate of drug-likeness (QED) is 0.166. The monoisotopic (exact) mass is 406 g/mol. The topological polar surface area (TPSA) is 41.1 Å². The maximum absolute atomic E-state index is 11.2. The number of unbranched alkanes of at least 4 members (excludes halogenated alkanes) is 10. The first kappa shape index (κ1) is 25.7. The number of hydrogen-bond donors (Lipinski definition) is 2. The number of likely N-dealkylation sites (N-methyl/N-ethyl adjacent to an activating group) is 1. The Morgan fingerprint density at radius 2 is 1.59 bits per heavy atom. The molecule has 2 atom stereocenters. The van der Waals surface area contributed by atoms with Crippen molar-refractivity contribution in [1.82, 2.24) is 10.6 Å². The van der Waals surface area contributed by atoms with E-state index in [9.17, 15) is 4.79 Å². The molecule has 4 nitrogen and oxygen atoms in total. The Bertz CT molecular complexity index is 475. The van der Waals surface area contributed by atoms with Crippen molar-refractivity contribution < 1.29 is 9.28 Å². The first-order chi connectivity index (χ1) is 14.1. The minimum Gasteiger partial charge on any atom is -0.351 e. The summed E-state index contributed by atoms with van der Waals surface area (Å²) < 4.78 is 0.952. The van der Waals surface area contributed by atoms with Crippen LogP contribution in [0.25, 0.3) is 0 Å². The number of amides is 1. The number of nitrogens with zero attached hydrogens (tertiary/aromatic N) is 1. The van der Waals surface area contributed by atoms with Gasteiger partial charge < -0.3 is 10.6 Å². The second kappa shape index (κ2) is 16.5. The largest absolute Gasteiger partial charge is 0.351 e. The molecule has 29 heavy (non-hydrogen) atoms. The van der Waals surface area contributed by atoms with Crippen LogP contribution in [0.1, 0.15) is 104 Å². The molecule has 1 amide bonds. The molecule has 0 aromatic rings. The van der Waals surface area contributed by atoms with Gasteiger partial charge in [-0.3, -0.25) is 9.28 Å². The van der Waals surface area contributed by atoms with Crippen molar-refractivity contribution in [3.63, 3.8) is 0 Å². The van der Waals surface area contributed by atoms with Crippen LogP contribution in [0.3, 0.4) is 0 Å². The highest BCUT2D eigenvalue weighted by molar-refractivity contribution is 5.72. The zero-order valence-corrected chi connectivity index (χ0v) is 19.6. The van der Waals surface area contributed by atoms with Gasteiger partial charge in [0.2, 0.25) is 5.91 Å². The van der Waals surface area contributed by atoms with Crippen molar-refractivity contribution >= 4 is 5.91 Å². The van der Waals surface area contributed by atoms with Crippen LogP contribution in [-0.4, -0.2) is 36.2 Å². The van der Waals surface area contributed by atoms with E-state index in [2.05, 4.69) is 49.0 Å². The van der Waals surface area contributed by atoms with Crippen LogP contribution in [-0.2, 0) is 4.79 Å². The van der Waals surface area contributed by atoms with Crippen LogP contribution in [0.15, 0.2) is 24.6 Å². The molecular weight excluding hydrogens is 358 g/mol. The van der Waals surface area contributed by atoms with Crippen molar-refractivity contribution in [2.75, 3.05) is 19.6 Å². The maximum atomic E-state index is 11.2. The summed E-state index contributed by atoms with van der Waals surface area (Å²) in [6, 6.07) is 0. The van der Waals surface area contributed by atoms with Crippen molar-refractivity contribution in [3.8, 4) is 0 Å². The Hall–Kier alpha value is -1.29. The Morgan fingerprint density at radius 1 is 0.966 bits per heavy atom. The lowest BCUT2D eigenvalue weighted by atomic mass is 10.0. The lowest BCUT2D eigenvalue weighted by Crippen LogP contribution is -2.55. The standard InChI is InChI=1S/C25H47N3O/c1-4-6-7-8-9-10-11-12-13-14-15-16-17-18-19-25-27-21-23-28(25,5-2)22-20-26-24(3)29/h7-8,21,23,25,27H,4-6,9-20,22H2,1-3H3/p+1/b8-7+. The third kappa shape index (κ3) is 11.5. The molecule has 1 rings (SSSR count). The normalized spacial score (nSPS) is 21.0. The molecule has 0 fully saturated rings. The van der Waals surface area contributed by atoms with Gasteiger partial charge in [0, 0.05) is 13.3 Å². The second-order valence-corrected chi connectivity index (χ2v) is 8.64. The molecule has 1 aliphatic heterocycles. The molecule has 0 aliphatic carbocycles. The second-order valence-electron chi connectivity index (χ2n) is 8.64. The number of allylic oxidation sites excluding steroid dienone is 2. The predicted octanol–water partition coefficient (Wildman–Crippen LogP) is 6.01. The van der Waals surface area contributed by atoms with Gasteiger partial charge in [0.1, 0.15) is 12.7 Å². The van der Waals surface area contributed by atoms with E-state index < -0.39 is 0 Å². The molecule has 0 aromatic heterocycles. The molecule has 2 unspecified atom stereocenters. The average Bonchev–Trinajstić information content (AvgIpc) is 3.11. The molecule has 0 radical (unpaired) electrons. The highest BCUT2D eigenvalue weighted by atomic mass is 16.1. The van der Waals surface area contributed by atoms with Gasteiger partial charge >= 0.3 is 0 Å². The van der Waals surface area contributed by atoms with Crippen molar-refractivity contribution in [3.05, 3.63) is 24.6 Å². The summed E-state index contributed by atoms with van der Waals surface area (Å²) in [6.45, 7) is 8.88. The summed E-state index contributed by atoms with van der Waals surface area (Å²) in [5.74, 6) is 0.0655. The summed E-state index contributed by atoms with van der Waals surface area (Å²) in [5.41, 5.74) is 0. The lowest BCUT2D eigenvalue weighted by Gasteiger charge is -2.37. The summed E-state index contributed by atoms with van der Waals surface area (Å²) in [5, 5.41) is 6.51. The van der Waals surface area contributed by atoms with E-state index in [1.807, 2.05) is 0 Å². The fraction of sp³-hybridized carbons (Fsp3) is 0.800. The average molecular weight is 407 g/mol. The molecule has 4 heteroatoms. The van der Waals surface area contributed by atoms with Crippen LogP contribution < -0.4 is 10.6 Å². The molecule has 0 bridgehead atoms. The number of rotatable bonds is 18. The molecule has 0 aromatic carbocycles. The van der Waals surface area contributed by atoms with Crippen LogP contribution in [0.5, 0.6) is 0 Å². The first-order valence-corrected chi connectivity index (χ1v) is 12.3. The number of hydrogen-bond acceptors (Lipinski definition) is 2. The van der Waals surface area contributed by atoms with E-state index in [0.717, 1.165) is 24.1 Å². The molecule has 1 heterocycles. The van der Waals surface area contributed by atoms with Crippen LogP contribution >= 0.6 is 0 Å². The van der Waals surface area contributed by atoms with Gasteiger partial charge in [-0.25, -0.2) is 0 Å². The Balaban J connectivity index is 2.01. The number of carbonyl (C=O) groups excluding carboxylic acids is 1. The molecule has 168 valence electrons. The van der Waals surface area contributed by atoms with Gasteiger partial charge in [0.15, 0.2) is 6.17 Å². The zero-order valence-electron chi connectivity index (χ0n) is 19.6. The van der Waals surface area contributed by atoms with Gasteiger partial charge in [-0.1, -0.05) is 70.4 Å². The third-order valence-corrected chi connectivity index (χ3v) is 6.24. The molecule has 0 saturated carbocycles. The molecule has 0 spiro atoms. The van der Waals surface area contributed by atoms with Crippen LogP contribution in [0.2, 0.25) is 0 Å². The highest BCUT2D eigenvalue weighted by Gasteiger charge is 2.36. The Labute approximate surface area is 180 Å². The molecular formula is C25H48N3O+. The van der Waals surface area contributed by atoms with Gasteiger partial charge in [0.25, 0.3) is 0 Å². The van der Waals surface area contributed by atoms with Crippen molar-refractivity contribution in [2.45, 2.75) is 110 Å². The van der Waals surface area contributed by atoms with E-state index in [0.29, 0.717) is 6.17 Å². The van der Waals surface area contributed by atoms with Crippen molar-refractivity contribution in [2.24, 2.45) is 0 Å². The maximum Gasteiger partial charge on any atom is 0.217 e. The van der Waals surface area contributed by atoms with Crippen LogP contribution in [0.4, 0.5) is 0 Å². The van der Waals surface area contributed by atoms with E-state index in [1.165, 1.54) is 83.5 Å². The summed E-state index contributed by atoms with van der Waals surface area (Å²) in [6.07, 6.45) is 26.9. The fourth-order valence-electron chi connectivity index (χ4n) is 4.29. The number of quaternary nitrogens is 1. The number of nitrogens with one attached hydrogen (secondary N) is 2. The smallest absolute Gasteiger partial charge is 0.217 e. The van der Waals surface area contributed by atoms with E-state index in [-0.39, 0.29) is 5.91 Å². The van der Waals surface area contributed by atoms with Gasteiger partial charge in [-0.15, -0.1) is 0 Å². The predicted molar refractivity (Wildman–Crippen MR) is 125 cm³/mol. The molecule has 0 saturated heterocycles. The molecule has 2 N–H and O–H groups in total. The minimum absolute atomic E-state index is 0.0655. The van der Waals surface area contributed by atoms with E-state index >= 15 is 0 Å². The SMILES string of the molecule is CCC/C=C/CCCCCCCCCCCC1NC=C[N+]1(CC)CCNC(C)=O. The highest BCUT2D eigenvalue weighted by Crippen LogP contribution is 2.23. The van der Waals surface area contributed by atoms with Crippen molar-refractivity contribution in [1.29, 1.82) is 0 Å². The number of carbonyl (C=O) groups is 1. The lowest BCUT2D eigenvalue weighted by molar-refractivity contribution is -0.898. The Morgan fingerprint density at radius 3 is 2.21 bits per heavy atom. The van der Waals surface area contributed by atoms with E-state index in [1.54, 1.807) is 6.92 Å². The summed E-state index contributed by atoms with van der Waals surface area (Å²) >= 11 is 0. The zero-order chi connectivity index (χ0) is 21.2. The van der Waals surface area contributed by atoms with Gasteiger partial charge in [0.05, 0.1) is 19.3 Å². The summed E-state index contributed by atoms with van der Waals surface area (Å²) in [7, 11) is 0. The van der Waals surface area contributed by atoms with Gasteiger partial charge in [-0.2, -0.15) is 0 Å². The summed E-state index contributed by atoms with van der Waals surface area (Å²) in [4.78, 5) is 11.2.